The van der Waals surface area contributed by atoms with Gasteiger partial charge in [-0.25, -0.2) is 14.4 Å². The minimum absolute atomic E-state index is 0.271. The molecule has 0 radical (unpaired) electrons. The molecule has 1 aromatic heterocycles. The van der Waals surface area contributed by atoms with Gasteiger partial charge >= 0.3 is 0 Å². The van der Waals surface area contributed by atoms with Gasteiger partial charge in [0.05, 0.1) is 5.69 Å². The Kier molecular flexibility index (Phi) is 6.40. The van der Waals surface area contributed by atoms with Gasteiger partial charge < -0.3 is 4.90 Å². The van der Waals surface area contributed by atoms with Crippen LogP contribution in [0.5, 0.6) is 0 Å². The van der Waals surface area contributed by atoms with Gasteiger partial charge in [-0.05, 0) is 12.8 Å². The summed E-state index contributed by atoms with van der Waals surface area (Å²) in [5, 5.41) is 0.807. The van der Waals surface area contributed by atoms with Crippen LogP contribution in [-0.2, 0) is 6.42 Å². The standard InChI is InChI=1S/C12H19BrFN3/c1-3-5-7-17(8-6-13)12-11(14)10(4-2)15-9-16-12/h9H,3-8H2,1-2H3. The molecule has 0 amide bonds. The summed E-state index contributed by atoms with van der Waals surface area (Å²) in [6.07, 6.45) is 4.17. The lowest BCUT2D eigenvalue weighted by molar-refractivity contribution is 0.581. The average Bonchev–Trinajstić information content (AvgIpc) is 2.35. The molecule has 0 aliphatic heterocycles. The molecule has 1 aromatic rings. The van der Waals surface area contributed by atoms with E-state index in [4.69, 9.17) is 0 Å². The molecule has 17 heavy (non-hydrogen) atoms. The number of aryl methyl sites for hydroxylation is 1. The molecule has 0 bridgehead atoms. The van der Waals surface area contributed by atoms with Crippen molar-refractivity contribution in [2.24, 2.45) is 0 Å². The minimum Gasteiger partial charge on any atom is -0.353 e. The Morgan fingerprint density at radius 2 is 2.06 bits per heavy atom. The number of unbranched alkanes of at least 4 members (excludes halogenated alkanes) is 1. The first-order valence-corrected chi connectivity index (χ1v) is 7.17. The van der Waals surface area contributed by atoms with Crippen molar-refractivity contribution in [3.8, 4) is 0 Å². The number of halogens is 2. The van der Waals surface area contributed by atoms with Gasteiger partial charge in [-0.3, -0.25) is 0 Å². The van der Waals surface area contributed by atoms with E-state index in [0.717, 1.165) is 31.3 Å². The van der Waals surface area contributed by atoms with Gasteiger partial charge in [-0.1, -0.05) is 36.2 Å². The molecule has 0 atom stereocenters. The van der Waals surface area contributed by atoms with Crippen molar-refractivity contribution >= 4 is 21.7 Å². The fourth-order valence-electron chi connectivity index (χ4n) is 1.64. The summed E-state index contributed by atoms with van der Waals surface area (Å²) < 4.78 is 14.1. The maximum atomic E-state index is 14.1. The van der Waals surface area contributed by atoms with Gasteiger partial charge in [0, 0.05) is 18.4 Å². The van der Waals surface area contributed by atoms with E-state index in [-0.39, 0.29) is 5.82 Å². The number of rotatable bonds is 7. The van der Waals surface area contributed by atoms with Crippen LogP contribution < -0.4 is 4.90 Å². The first kappa shape index (κ1) is 14.4. The van der Waals surface area contributed by atoms with Crippen LogP contribution in [0.4, 0.5) is 10.2 Å². The Labute approximate surface area is 111 Å². The van der Waals surface area contributed by atoms with Crippen molar-refractivity contribution in [1.29, 1.82) is 0 Å². The second kappa shape index (κ2) is 7.58. The molecule has 1 heterocycles. The number of nitrogens with zero attached hydrogens (tertiary/aromatic N) is 3. The fraction of sp³-hybridized carbons (Fsp3) is 0.667. The summed E-state index contributed by atoms with van der Waals surface area (Å²) in [5.74, 6) is 0.164. The Morgan fingerprint density at radius 1 is 1.29 bits per heavy atom. The van der Waals surface area contributed by atoms with E-state index in [1.54, 1.807) is 0 Å². The summed E-state index contributed by atoms with van der Waals surface area (Å²) in [6.45, 7) is 5.62. The predicted molar refractivity (Wildman–Crippen MR) is 72.3 cm³/mol. The molecule has 0 saturated heterocycles. The third-order valence-corrected chi connectivity index (χ3v) is 2.97. The van der Waals surface area contributed by atoms with E-state index in [1.165, 1.54) is 6.33 Å². The van der Waals surface area contributed by atoms with Crippen molar-refractivity contribution in [2.75, 3.05) is 23.3 Å². The molecule has 5 heteroatoms. The van der Waals surface area contributed by atoms with Gasteiger partial charge in [-0.2, -0.15) is 0 Å². The molecule has 0 aliphatic rings. The van der Waals surface area contributed by atoms with Gasteiger partial charge in [-0.15, -0.1) is 0 Å². The normalized spacial score (nSPS) is 10.6. The number of anilines is 1. The summed E-state index contributed by atoms with van der Waals surface area (Å²) in [6, 6.07) is 0. The Balaban J connectivity index is 2.92. The van der Waals surface area contributed by atoms with Crippen LogP contribution in [-0.4, -0.2) is 28.4 Å². The van der Waals surface area contributed by atoms with Gasteiger partial charge in [0.15, 0.2) is 11.6 Å². The highest BCUT2D eigenvalue weighted by molar-refractivity contribution is 9.09. The molecule has 0 aliphatic carbocycles. The second-order valence-electron chi connectivity index (χ2n) is 3.84. The van der Waals surface area contributed by atoms with Gasteiger partial charge in [0.1, 0.15) is 6.33 Å². The Morgan fingerprint density at radius 3 is 2.65 bits per heavy atom. The van der Waals surface area contributed by atoms with Crippen molar-refractivity contribution in [3.05, 3.63) is 17.8 Å². The van der Waals surface area contributed by atoms with Crippen LogP contribution in [0, 0.1) is 5.82 Å². The maximum absolute atomic E-state index is 14.1. The molecule has 0 unspecified atom stereocenters. The van der Waals surface area contributed by atoms with E-state index >= 15 is 0 Å². The largest absolute Gasteiger partial charge is 0.353 e. The van der Waals surface area contributed by atoms with Crippen molar-refractivity contribution in [1.82, 2.24) is 9.97 Å². The molecule has 1 rings (SSSR count). The van der Waals surface area contributed by atoms with E-state index in [0.29, 0.717) is 17.9 Å². The highest BCUT2D eigenvalue weighted by Crippen LogP contribution is 2.18. The monoisotopic (exact) mass is 303 g/mol. The molecule has 0 N–H and O–H groups in total. The lowest BCUT2D eigenvalue weighted by atomic mass is 10.2. The maximum Gasteiger partial charge on any atom is 0.187 e. The molecular weight excluding hydrogens is 285 g/mol. The first-order chi connectivity index (χ1) is 8.24. The summed E-state index contributed by atoms with van der Waals surface area (Å²) in [4.78, 5) is 10.0. The minimum atomic E-state index is -0.271. The molecule has 0 fully saturated rings. The zero-order valence-electron chi connectivity index (χ0n) is 10.4. The number of hydrogen-bond acceptors (Lipinski definition) is 3. The zero-order chi connectivity index (χ0) is 12.7. The third kappa shape index (κ3) is 3.91. The highest BCUT2D eigenvalue weighted by atomic mass is 79.9. The molecule has 96 valence electrons. The lowest BCUT2D eigenvalue weighted by Gasteiger charge is -2.23. The van der Waals surface area contributed by atoms with Crippen molar-refractivity contribution in [2.45, 2.75) is 33.1 Å². The van der Waals surface area contributed by atoms with Gasteiger partial charge in [0.2, 0.25) is 0 Å². The Hall–Kier alpha value is -0.710. The Bertz CT molecular complexity index is 347. The van der Waals surface area contributed by atoms with Crippen LogP contribution >= 0.6 is 15.9 Å². The predicted octanol–water partition coefficient (Wildman–Crippen LogP) is 3.18. The van der Waals surface area contributed by atoms with Crippen LogP contribution in [0.15, 0.2) is 6.33 Å². The average molecular weight is 304 g/mol. The molecule has 0 aromatic carbocycles. The van der Waals surface area contributed by atoms with Crippen molar-refractivity contribution < 1.29 is 4.39 Å². The lowest BCUT2D eigenvalue weighted by Crippen LogP contribution is -2.29. The molecule has 3 nitrogen and oxygen atoms in total. The van der Waals surface area contributed by atoms with Crippen LogP contribution in [0.1, 0.15) is 32.4 Å². The zero-order valence-corrected chi connectivity index (χ0v) is 12.0. The van der Waals surface area contributed by atoms with Crippen molar-refractivity contribution in [3.63, 3.8) is 0 Å². The van der Waals surface area contributed by atoms with E-state index in [9.17, 15) is 4.39 Å². The van der Waals surface area contributed by atoms with E-state index in [2.05, 4.69) is 32.8 Å². The molecule has 0 saturated carbocycles. The summed E-state index contributed by atoms with van der Waals surface area (Å²) >= 11 is 3.39. The van der Waals surface area contributed by atoms with E-state index in [1.807, 2.05) is 11.8 Å². The number of alkyl halides is 1. The first-order valence-electron chi connectivity index (χ1n) is 6.04. The number of aromatic nitrogens is 2. The number of hydrogen-bond donors (Lipinski definition) is 0. The smallest absolute Gasteiger partial charge is 0.187 e. The quantitative estimate of drug-likeness (QED) is 0.725. The summed E-state index contributed by atoms with van der Waals surface area (Å²) in [5.41, 5.74) is 0.492. The molecule has 0 spiro atoms. The SMILES string of the molecule is CCCCN(CCBr)c1ncnc(CC)c1F. The highest BCUT2D eigenvalue weighted by Gasteiger charge is 2.15. The van der Waals surface area contributed by atoms with E-state index < -0.39 is 0 Å². The van der Waals surface area contributed by atoms with Crippen LogP contribution in [0.3, 0.4) is 0 Å². The summed E-state index contributed by atoms with van der Waals surface area (Å²) in [7, 11) is 0. The third-order valence-electron chi connectivity index (χ3n) is 2.61. The molecular formula is C12H19BrFN3. The second-order valence-corrected chi connectivity index (χ2v) is 4.63. The fourth-order valence-corrected chi connectivity index (χ4v) is 2.07. The van der Waals surface area contributed by atoms with Crippen LogP contribution in [0.25, 0.3) is 0 Å². The van der Waals surface area contributed by atoms with Crippen LogP contribution in [0.2, 0.25) is 0 Å². The van der Waals surface area contributed by atoms with Gasteiger partial charge in [0.25, 0.3) is 0 Å². The topological polar surface area (TPSA) is 29.0 Å².